The normalized spacial score (nSPS) is 16.6. The highest BCUT2D eigenvalue weighted by Crippen LogP contribution is 2.32. The minimum atomic E-state index is 0. The van der Waals surface area contributed by atoms with E-state index in [1.165, 1.54) is 38.0 Å². The first-order valence-corrected chi connectivity index (χ1v) is 8.90. The van der Waals surface area contributed by atoms with Crippen molar-refractivity contribution < 1.29 is 9.47 Å². The number of hydrogen-bond donors (Lipinski definition) is 2. The first-order chi connectivity index (χ1) is 11.8. The van der Waals surface area contributed by atoms with E-state index in [2.05, 4.69) is 32.7 Å². The summed E-state index contributed by atoms with van der Waals surface area (Å²) in [6.07, 6.45) is 4.79. The summed E-state index contributed by atoms with van der Waals surface area (Å²) in [5.41, 5.74) is 1.23. The third kappa shape index (κ3) is 6.22. The van der Waals surface area contributed by atoms with Gasteiger partial charge in [0.25, 0.3) is 0 Å². The van der Waals surface area contributed by atoms with Gasteiger partial charge in [-0.15, -0.1) is 24.0 Å². The molecule has 2 N–H and O–H groups in total. The van der Waals surface area contributed by atoms with E-state index in [1.807, 2.05) is 13.1 Å². The van der Waals surface area contributed by atoms with Crippen molar-refractivity contribution in [1.82, 2.24) is 15.5 Å². The lowest BCUT2D eigenvalue weighted by Crippen LogP contribution is -2.39. The Hall–Kier alpha value is -1.22. The summed E-state index contributed by atoms with van der Waals surface area (Å²) < 4.78 is 10.7. The van der Waals surface area contributed by atoms with Crippen LogP contribution < -0.4 is 20.1 Å². The summed E-state index contributed by atoms with van der Waals surface area (Å²) in [5.74, 6) is 2.55. The van der Waals surface area contributed by atoms with Gasteiger partial charge < -0.3 is 25.0 Å². The molecule has 0 saturated carbocycles. The van der Waals surface area contributed by atoms with Crippen LogP contribution in [0.2, 0.25) is 0 Å². The maximum Gasteiger partial charge on any atom is 0.231 e. The zero-order valence-corrected chi connectivity index (χ0v) is 17.3. The smallest absolute Gasteiger partial charge is 0.231 e. The standard InChI is InChI=1S/C18H28N4O2.HI/c1-19-18(20-8-4-12-22-10-2-3-11-22)21-9-7-15-5-6-16-17(13-15)24-14-23-16;/h5-6,13H,2-4,7-12,14H2,1H3,(H2,19,20,21);1H. The number of likely N-dealkylation sites (tertiary alicyclic amines) is 1. The highest BCUT2D eigenvalue weighted by molar-refractivity contribution is 14.0. The molecule has 1 aromatic rings. The number of benzene rings is 1. The summed E-state index contributed by atoms with van der Waals surface area (Å²) in [6, 6.07) is 6.11. The number of ether oxygens (including phenoxy) is 2. The van der Waals surface area contributed by atoms with Gasteiger partial charge >= 0.3 is 0 Å². The lowest BCUT2D eigenvalue weighted by atomic mass is 10.1. The molecule has 2 aliphatic heterocycles. The summed E-state index contributed by atoms with van der Waals surface area (Å²) in [5, 5.41) is 6.76. The van der Waals surface area contributed by atoms with Crippen LogP contribution in [0.4, 0.5) is 0 Å². The van der Waals surface area contributed by atoms with Crippen LogP contribution in [0.5, 0.6) is 11.5 Å². The number of nitrogens with one attached hydrogen (secondary N) is 2. The Balaban J connectivity index is 0.00000225. The van der Waals surface area contributed by atoms with Gasteiger partial charge in [-0.2, -0.15) is 0 Å². The zero-order valence-electron chi connectivity index (χ0n) is 14.9. The molecular formula is C18H29IN4O2. The lowest BCUT2D eigenvalue weighted by molar-refractivity contribution is 0.174. The summed E-state index contributed by atoms with van der Waals surface area (Å²) in [4.78, 5) is 6.82. The highest BCUT2D eigenvalue weighted by Gasteiger charge is 2.13. The van der Waals surface area contributed by atoms with Crippen molar-refractivity contribution in [1.29, 1.82) is 0 Å². The monoisotopic (exact) mass is 460 g/mol. The van der Waals surface area contributed by atoms with E-state index in [0.717, 1.165) is 43.4 Å². The quantitative estimate of drug-likeness (QED) is 0.283. The number of hydrogen-bond acceptors (Lipinski definition) is 4. The molecule has 1 fully saturated rings. The van der Waals surface area contributed by atoms with Gasteiger partial charge in [0.2, 0.25) is 6.79 Å². The number of fused-ring (bicyclic) bond motifs is 1. The van der Waals surface area contributed by atoms with E-state index in [1.54, 1.807) is 0 Å². The Bertz CT molecular complexity index is 562. The molecule has 140 valence electrons. The van der Waals surface area contributed by atoms with Gasteiger partial charge in [-0.05, 0) is 63.0 Å². The third-order valence-corrected chi connectivity index (χ3v) is 4.51. The Morgan fingerprint density at radius 2 is 1.88 bits per heavy atom. The molecule has 1 aromatic carbocycles. The molecule has 0 bridgehead atoms. The van der Waals surface area contributed by atoms with Crippen LogP contribution in [0.15, 0.2) is 23.2 Å². The van der Waals surface area contributed by atoms with Gasteiger partial charge in [-0.25, -0.2) is 0 Å². The molecule has 7 heteroatoms. The maximum absolute atomic E-state index is 5.41. The first kappa shape index (κ1) is 20.1. The van der Waals surface area contributed by atoms with Gasteiger partial charge in [0.1, 0.15) is 0 Å². The number of guanidine groups is 1. The minimum Gasteiger partial charge on any atom is -0.454 e. The molecule has 2 aliphatic rings. The van der Waals surface area contributed by atoms with Crippen LogP contribution in [0.1, 0.15) is 24.8 Å². The number of rotatable bonds is 7. The van der Waals surface area contributed by atoms with E-state index in [-0.39, 0.29) is 24.0 Å². The highest BCUT2D eigenvalue weighted by atomic mass is 127. The molecule has 6 nitrogen and oxygen atoms in total. The number of aliphatic imine (C=N–C) groups is 1. The van der Waals surface area contributed by atoms with E-state index < -0.39 is 0 Å². The van der Waals surface area contributed by atoms with Gasteiger partial charge in [0.05, 0.1) is 0 Å². The van der Waals surface area contributed by atoms with Crippen LogP contribution in [0.25, 0.3) is 0 Å². The lowest BCUT2D eigenvalue weighted by Gasteiger charge is -2.16. The van der Waals surface area contributed by atoms with Crippen LogP contribution in [-0.2, 0) is 6.42 Å². The molecule has 0 radical (unpaired) electrons. The van der Waals surface area contributed by atoms with E-state index in [9.17, 15) is 0 Å². The molecular weight excluding hydrogens is 431 g/mol. The molecule has 0 amide bonds. The van der Waals surface area contributed by atoms with E-state index >= 15 is 0 Å². The first-order valence-electron chi connectivity index (χ1n) is 8.90. The minimum absolute atomic E-state index is 0. The van der Waals surface area contributed by atoms with Crippen LogP contribution in [0, 0.1) is 0 Å². The third-order valence-electron chi connectivity index (χ3n) is 4.51. The van der Waals surface area contributed by atoms with Gasteiger partial charge in [0, 0.05) is 20.1 Å². The molecule has 0 aliphatic carbocycles. The second-order valence-electron chi connectivity index (χ2n) is 6.27. The fourth-order valence-electron chi connectivity index (χ4n) is 3.16. The fourth-order valence-corrected chi connectivity index (χ4v) is 3.16. The predicted molar refractivity (Wildman–Crippen MR) is 111 cm³/mol. The molecule has 3 rings (SSSR count). The average molecular weight is 460 g/mol. The Labute approximate surface area is 167 Å². The largest absolute Gasteiger partial charge is 0.454 e. The number of halogens is 1. The Kier molecular flexibility index (Phi) is 8.60. The Morgan fingerprint density at radius 1 is 1.12 bits per heavy atom. The van der Waals surface area contributed by atoms with Crippen molar-refractivity contribution in [3.05, 3.63) is 23.8 Å². The van der Waals surface area contributed by atoms with Crippen molar-refractivity contribution in [3.8, 4) is 11.5 Å². The van der Waals surface area contributed by atoms with Crippen molar-refractivity contribution in [2.24, 2.45) is 4.99 Å². The SMILES string of the molecule is CN=C(NCCCN1CCCC1)NCCc1ccc2c(c1)OCO2.I. The van der Waals surface area contributed by atoms with E-state index in [0.29, 0.717) is 6.79 Å². The molecule has 0 atom stereocenters. The van der Waals surface area contributed by atoms with Crippen LogP contribution in [-0.4, -0.2) is 57.4 Å². The van der Waals surface area contributed by atoms with Crippen LogP contribution >= 0.6 is 24.0 Å². The maximum atomic E-state index is 5.41. The predicted octanol–water partition coefficient (Wildman–Crippen LogP) is 2.23. The van der Waals surface area contributed by atoms with Crippen LogP contribution in [0.3, 0.4) is 0 Å². The summed E-state index contributed by atoms with van der Waals surface area (Å²) >= 11 is 0. The number of nitrogens with zero attached hydrogens (tertiary/aromatic N) is 2. The summed E-state index contributed by atoms with van der Waals surface area (Å²) in [6.45, 7) is 5.84. The molecule has 0 spiro atoms. The van der Waals surface area contributed by atoms with Crippen molar-refractivity contribution in [3.63, 3.8) is 0 Å². The molecule has 1 saturated heterocycles. The second kappa shape index (κ2) is 10.7. The average Bonchev–Trinajstić information content (AvgIpc) is 3.27. The fraction of sp³-hybridized carbons (Fsp3) is 0.611. The van der Waals surface area contributed by atoms with Crippen molar-refractivity contribution in [2.45, 2.75) is 25.7 Å². The zero-order chi connectivity index (χ0) is 16.6. The second-order valence-corrected chi connectivity index (χ2v) is 6.27. The molecule has 25 heavy (non-hydrogen) atoms. The molecule has 2 heterocycles. The Morgan fingerprint density at radius 3 is 2.68 bits per heavy atom. The summed E-state index contributed by atoms with van der Waals surface area (Å²) in [7, 11) is 1.82. The van der Waals surface area contributed by atoms with Crippen molar-refractivity contribution in [2.75, 3.05) is 46.6 Å². The van der Waals surface area contributed by atoms with E-state index in [4.69, 9.17) is 9.47 Å². The molecule has 0 aromatic heterocycles. The van der Waals surface area contributed by atoms with Gasteiger partial charge in [-0.3, -0.25) is 4.99 Å². The van der Waals surface area contributed by atoms with Gasteiger partial charge in [0.15, 0.2) is 17.5 Å². The van der Waals surface area contributed by atoms with Crippen molar-refractivity contribution >= 4 is 29.9 Å². The molecule has 0 unspecified atom stereocenters. The topological polar surface area (TPSA) is 58.1 Å². The van der Waals surface area contributed by atoms with Gasteiger partial charge in [-0.1, -0.05) is 6.07 Å².